The monoisotopic (exact) mass is 331 g/mol. The first kappa shape index (κ1) is 16.3. The molecule has 2 fully saturated rings. The molecule has 0 bridgehead atoms. The number of ether oxygens (including phenoxy) is 1. The first-order valence-electron chi connectivity index (χ1n) is 7.96. The molecular formula is C17H21N3O2S. The normalized spacial score (nSPS) is 22.6. The van der Waals surface area contributed by atoms with E-state index in [0.717, 1.165) is 43.2 Å². The Kier molecular flexibility index (Phi) is 5.55. The van der Waals surface area contributed by atoms with E-state index in [9.17, 15) is 4.79 Å². The molecule has 2 heterocycles. The van der Waals surface area contributed by atoms with Crippen molar-refractivity contribution in [2.75, 3.05) is 44.3 Å². The molecule has 1 aromatic rings. The molecule has 0 radical (unpaired) electrons. The predicted molar refractivity (Wildman–Crippen MR) is 90.1 cm³/mol. The summed E-state index contributed by atoms with van der Waals surface area (Å²) in [6, 6.07) is 9.76. The van der Waals surface area contributed by atoms with Gasteiger partial charge in [-0.15, -0.1) is 0 Å². The Bertz CT molecular complexity index is 578. The summed E-state index contributed by atoms with van der Waals surface area (Å²) in [5.41, 5.74) is 1.83. The minimum absolute atomic E-state index is 0.134. The highest BCUT2D eigenvalue weighted by molar-refractivity contribution is 7.99. The van der Waals surface area contributed by atoms with Crippen molar-refractivity contribution in [3.8, 4) is 6.07 Å². The van der Waals surface area contributed by atoms with Gasteiger partial charge in [-0.3, -0.25) is 9.69 Å². The lowest BCUT2D eigenvalue weighted by Crippen LogP contribution is -2.52. The van der Waals surface area contributed by atoms with E-state index in [1.807, 2.05) is 40.9 Å². The van der Waals surface area contributed by atoms with Crippen molar-refractivity contribution in [1.29, 1.82) is 5.26 Å². The van der Waals surface area contributed by atoms with Crippen molar-refractivity contribution in [1.82, 2.24) is 9.80 Å². The van der Waals surface area contributed by atoms with E-state index in [1.54, 1.807) is 0 Å². The molecule has 1 aromatic carbocycles. The average molecular weight is 331 g/mol. The number of carbonyl (C=O) groups is 1. The summed E-state index contributed by atoms with van der Waals surface area (Å²) in [6.07, 6.45) is -0.342. The van der Waals surface area contributed by atoms with E-state index in [0.29, 0.717) is 18.7 Å². The molecule has 1 amide bonds. The van der Waals surface area contributed by atoms with Gasteiger partial charge in [-0.1, -0.05) is 12.1 Å². The summed E-state index contributed by atoms with van der Waals surface area (Å²) in [4.78, 5) is 16.8. The van der Waals surface area contributed by atoms with Gasteiger partial charge in [0.05, 0.1) is 18.2 Å². The van der Waals surface area contributed by atoms with Crippen LogP contribution in [0.15, 0.2) is 24.3 Å². The van der Waals surface area contributed by atoms with Crippen molar-refractivity contribution >= 4 is 17.7 Å². The van der Waals surface area contributed by atoms with Gasteiger partial charge in [0.25, 0.3) is 5.91 Å². The Morgan fingerprint density at radius 1 is 1.26 bits per heavy atom. The number of hydrogen-bond donors (Lipinski definition) is 0. The Morgan fingerprint density at radius 3 is 2.70 bits per heavy atom. The number of morpholine rings is 1. The second-order valence-electron chi connectivity index (χ2n) is 5.84. The molecule has 0 aliphatic carbocycles. The van der Waals surface area contributed by atoms with Gasteiger partial charge in [0, 0.05) is 44.2 Å². The zero-order valence-corrected chi connectivity index (χ0v) is 13.9. The fourth-order valence-corrected chi connectivity index (χ4v) is 3.83. The third kappa shape index (κ3) is 4.25. The quantitative estimate of drug-likeness (QED) is 0.836. The third-order valence-corrected chi connectivity index (χ3v) is 5.18. The largest absolute Gasteiger partial charge is 0.366 e. The van der Waals surface area contributed by atoms with Crippen LogP contribution in [0.4, 0.5) is 0 Å². The molecule has 3 rings (SSSR count). The van der Waals surface area contributed by atoms with Crippen molar-refractivity contribution in [2.24, 2.45) is 0 Å². The Hall–Kier alpha value is -1.55. The fraction of sp³-hybridized carbons (Fsp3) is 0.529. The molecule has 6 heteroatoms. The van der Waals surface area contributed by atoms with Gasteiger partial charge < -0.3 is 9.64 Å². The van der Waals surface area contributed by atoms with Crippen LogP contribution in [-0.4, -0.2) is 66.1 Å². The van der Waals surface area contributed by atoms with E-state index in [1.165, 1.54) is 0 Å². The van der Waals surface area contributed by atoms with Crippen molar-refractivity contribution in [2.45, 2.75) is 12.6 Å². The summed E-state index contributed by atoms with van der Waals surface area (Å²) < 4.78 is 5.71. The van der Waals surface area contributed by atoms with Crippen LogP contribution < -0.4 is 0 Å². The van der Waals surface area contributed by atoms with Gasteiger partial charge in [-0.25, -0.2) is 0 Å². The molecule has 0 N–H and O–H groups in total. The molecule has 2 aliphatic rings. The molecule has 2 saturated heterocycles. The van der Waals surface area contributed by atoms with Gasteiger partial charge in [0.1, 0.15) is 6.10 Å². The average Bonchev–Trinajstić information content (AvgIpc) is 2.63. The van der Waals surface area contributed by atoms with Crippen LogP contribution in [0.3, 0.4) is 0 Å². The zero-order chi connectivity index (χ0) is 16.1. The number of nitriles is 1. The standard InChI is InChI=1S/C17H21N3O2S/c18-11-14-1-3-15(4-2-14)12-19-5-8-22-16(13-19)17(21)20-6-9-23-10-7-20/h1-4,16H,5-10,12-13H2. The molecule has 0 spiro atoms. The predicted octanol–water partition coefficient (Wildman–Crippen LogP) is 1.33. The van der Waals surface area contributed by atoms with Crippen LogP contribution in [0, 0.1) is 11.3 Å². The van der Waals surface area contributed by atoms with E-state index in [4.69, 9.17) is 10.00 Å². The molecule has 1 unspecified atom stereocenters. The summed E-state index contributed by atoms with van der Waals surface area (Å²) in [7, 11) is 0. The Labute approximate surface area is 141 Å². The Balaban J connectivity index is 1.56. The van der Waals surface area contributed by atoms with Gasteiger partial charge >= 0.3 is 0 Å². The van der Waals surface area contributed by atoms with Crippen LogP contribution in [0.5, 0.6) is 0 Å². The second kappa shape index (κ2) is 7.82. The van der Waals surface area contributed by atoms with Gasteiger partial charge in [0.2, 0.25) is 0 Å². The van der Waals surface area contributed by atoms with Crippen molar-refractivity contribution in [3.05, 3.63) is 35.4 Å². The van der Waals surface area contributed by atoms with E-state index in [2.05, 4.69) is 11.0 Å². The first-order chi connectivity index (χ1) is 11.3. The van der Waals surface area contributed by atoms with Crippen molar-refractivity contribution in [3.63, 3.8) is 0 Å². The minimum Gasteiger partial charge on any atom is -0.366 e. The van der Waals surface area contributed by atoms with Gasteiger partial charge in [-0.2, -0.15) is 17.0 Å². The topological polar surface area (TPSA) is 56.6 Å². The number of carbonyl (C=O) groups excluding carboxylic acids is 1. The highest BCUT2D eigenvalue weighted by Crippen LogP contribution is 2.16. The minimum atomic E-state index is -0.342. The molecule has 23 heavy (non-hydrogen) atoms. The SMILES string of the molecule is N#Cc1ccc(CN2CCOC(C(=O)N3CCSCC3)C2)cc1. The maximum Gasteiger partial charge on any atom is 0.253 e. The third-order valence-electron chi connectivity index (χ3n) is 4.24. The summed E-state index contributed by atoms with van der Waals surface area (Å²) >= 11 is 1.90. The fourth-order valence-electron chi connectivity index (χ4n) is 2.93. The van der Waals surface area contributed by atoms with E-state index < -0.39 is 0 Å². The van der Waals surface area contributed by atoms with Crippen LogP contribution >= 0.6 is 11.8 Å². The van der Waals surface area contributed by atoms with Gasteiger partial charge in [-0.05, 0) is 17.7 Å². The van der Waals surface area contributed by atoms with Crippen LogP contribution in [0.1, 0.15) is 11.1 Å². The van der Waals surface area contributed by atoms with Crippen molar-refractivity contribution < 1.29 is 9.53 Å². The lowest BCUT2D eigenvalue weighted by Gasteiger charge is -2.36. The van der Waals surface area contributed by atoms with Crippen LogP contribution in [-0.2, 0) is 16.1 Å². The number of benzene rings is 1. The lowest BCUT2D eigenvalue weighted by atomic mass is 10.1. The highest BCUT2D eigenvalue weighted by Gasteiger charge is 2.30. The number of thioether (sulfide) groups is 1. The first-order valence-corrected chi connectivity index (χ1v) is 9.11. The maximum absolute atomic E-state index is 12.6. The summed E-state index contributed by atoms with van der Waals surface area (Å²) in [5.74, 6) is 2.18. The second-order valence-corrected chi connectivity index (χ2v) is 7.07. The molecular weight excluding hydrogens is 310 g/mol. The number of hydrogen-bond acceptors (Lipinski definition) is 5. The van der Waals surface area contributed by atoms with E-state index in [-0.39, 0.29) is 12.0 Å². The summed E-state index contributed by atoms with van der Waals surface area (Å²) in [5, 5.41) is 8.85. The van der Waals surface area contributed by atoms with Crippen LogP contribution in [0.2, 0.25) is 0 Å². The molecule has 5 nitrogen and oxygen atoms in total. The molecule has 122 valence electrons. The van der Waals surface area contributed by atoms with E-state index >= 15 is 0 Å². The number of rotatable bonds is 3. The maximum atomic E-state index is 12.6. The van der Waals surface area contributed by atoms with Gasteiger partial charge in [0.15, 0.2) is 0 Å². The number of amides is 1. The lowest BCUT2D eigenvalue weighted by molar-refractivity contribution is -0.149. The van der Waals surface area contributed by atoms with Crippen LogP contribution in [0.25, 0.3) is 0 Å². The molecule has 2 aliphatic heterocycles. The Morgan fingerprint density at radius 2 is 2.00 bits per heavy atom. The smallest absolute Gasteiger partial charge is 0.253 e. The highest BCUT2D eigenvalue weighted by atomic mass is 32.2. The molecule has 0 aromatic heterocycles. The zero-order valence-electron chi connectivity index (χ0n) is 13.1. The summed E-state index contributed by atoms with van der Waals surface area (Å²) in [6.45, 7) is 4.52. The molecule has 0 saturated carbocycles. The number of nitrogens with zero attached hydrogens (tertiary/aromatic N) is 3. The molecule has 1 atom stereocenters.